The van der Waals surface area contributed by atoms with Crippen molar-refractivity contribution in [1.82, 2.24) is 19.4 Å². The molecular formula is C25H22N4OS. The summed E-state index contributed by atoms with van der Waals surface area (Å²) in [4.78, 5) is 24.1. The zero-order chi connectivity index (χ0) is 21.2. The van der Waals surface area contributed by atoms with Crippen LogP contribution in [-0.4, -0.2) is 32.4 Å². The summed E-state index contributed by atoms with van der Waals surface area (Å²) in [6.45, 7) is 0.521. The Labute approximate surface area is 184 Å². The maximum absolute atomic E-state index is 12.9. The van der Waals surface area contributed by atoms with E-state index >= 15 is 0 Å². The number of carbonyl (C=O) groups is 1. The van der Waals surface area contributed by atoms with E-state index in [0.717, 1.165) is 37.8 Å². The molecule has 1 amide bonds. The minimum atomic E-state index is 0.0888. The fourth-order valence-electron chi connectivity index (χ4n) is 3.80. The number of hydrogen-bond donors (Lipinski definition) is 0. The van der Waals surface area contributed by atoms with Crippen molar-refractivity contribution in [2.45, 2.75) is 19.4 Å². The summed E-state index contributed by atoms with van der Waals surface area (Å²) in [5.41, 5.74) is 4.04. The van der Waals surface area contributed by atoms with Crippen molar-refractivity contribution in [2.24, 2.45) is 0 Å². The fourth-order valence-corrected chi connectivity index (χ4v) is 4.82. The molecule has 6 heteroatoms. The Kier molecular flexibility index (Phi) is 5.22. The second-order valence-electron chi connectivity index (χ2n) is 7.51. The Bertz CT molecular complexity index is 1320. The number of nitrogens with zero attached hydrogens (tertiary/aromatic N) is 4. The summed E-state index contributed by atoms with van der Waals surface area (Å²) in [7, 11) is 1.84. The van der Waals surface area contributed by atoms with Crippen molar-refractivity contribution in [3.63, 3.8) is 0 Å². The molecule has 0 aliphatic heterocycles. The number of thiazole rings is 1. The van der Waals surface area contributed by atoms with Crippen LogP contribution in [0.25, 0.3) is 26.9 Å². The summed E-state index contributed by atoms with van der Waals surface area (Å²) in [6.07, 6.45) is 0.976. The van der Waals surface area contributed by atoms with Gasteiger partial charge in [-0.25, -0.2) is 9.97 Å². The molecule has 3 aromatic carbocycles. The third-order valence-corrected chi connectivity index (χ3v) is 6.36. The van der Waals surface area contributed by atoms with Crippen molar-refractivity contribution in [2.75, 3.05) is 7.05 Å². The molecule has 0 saturated carbocycles. The van der Waals surface area contributed by atoms with E-state index in [-0.39, 0.29) is 5.91 Å². The molecule has 0 atom stereocenters. The maximum Gasteiger partial charge on any atom is 0.223 e. The van der Waals surface area contributed by atoms with Gasteiger partial charge in [-0.2, -0.15) is 0 Å². The molecule has 0 fully saturated rings. The molecule has 154 valence electrons. The van der Waals surface area contributed by atoms with E-state index in [4.69, 9.17) is 4.98 Å². The Balaban J connectivity index is 1.34. The summed E-state index contributed by atoms with van der Waals surface area (Å²) in [6, 6.07) is 26.3. The van der Waals surface area contributed by atoms with Gasteiger partial charge in [0.1, 0.15) is 10.8 Å². The van der Waals surface area contributed by atoms with E-state index in [1.807, 2.05) is 61.6 Å². The highest BCUT2D eigenvalue weighted by molar-refractivity contribution is 7.18. The van der Waals surface area contributed by atoms with Gasteiger partial charge >= 0.3 is 0 Å². The lowest BCUT2D eigenvalue weighted by atomic mass is 10.2. The minimum Gasteiger partial charge on any atom is -0.339 e. The predicted molar refractivity (Wildman–Crippen MR) is 125 cm³/mol. The quantitative estimate of drug-likeness (QED) is 0.374. The zero-order valence-electron chi connectivity index (χ0n) is 17.2. The standard InChI is InChI=1S/C25H22N4OS/c1-28(17-24-27-20-12-6-8-14-22(20)31-24)25(30)16-15-23-26-19-11-5-7-13-21(19)29(23)18-9-3-2-4-10-18/h2-14H,15-17H2,1H3. The highest BCUT2D eigenvalue weighted by Gasteiger charge is 2.16. The van der Waals surface area contributed by atoms with E-state index in [1.165, 1.54) is 0 Å². The molecule has 0 saturated heterocycles. The second kappa shape index (κ2) is 8.32. The SMILES string of the molecule is CN(Cc1nc2ccccc2s1)C(=O)CCc1nc2ccccc2n1-c1ccccc1. The normalized spacial score (nSPS) is 11.3. The lowest BCUT2D eigenvalue weighted by molar-refractivity contribution is -0.130. The van der Waals surface area contributed by atoms with Crippen LogP contribution in [0.3, 0.4) is 0 Å². The number of aromatic nitrogens is 3. The monoisotopic (exact) mass is 426 g/mol. The number of hydrogen-bond acceptors (Lipinski definition) is 4. The van der Waals surface area contributed by atoms with Crippen molar-refractivity contribution < 1.29 is 4.79 Å². The molecule has 0 bridgehead atoms. The molecule has 2 heterocycles. The first kappa shape index (κ1) is 19.5. The van der Waals surface area contributed by atoms with Gasteiger partial charge in [0, 0.05) is 25.6 Å². The number of imidazole rings is 1. The third-order valence-electron chi connectivity index (χ3n) is 5.34. The van der Waals surface area contributed by atoms with Gasteiger partial charge in [-0.3, -0.25) is 9.36 Å². The largest absolute Gasteiger partial charge is 0.339 e. The number of benzene rings is 3. The van der Waals surface area contributed by atoms with Crippen LogP contribution in [0.4, 0.5) is 0 Å². The van der Waals surface area contributed by atoms with Crippen LogP contribution in [0.5, 0.6) is 0 Å². The van der Waals surface area contributed by atoms with Crippen LogP contribution in [0.15, 0.2) is 78.9 Å². The van der Waals surface area contributed by atoms with Crippen LogP contribution in [0.1, 0.15) is 17.3 Å². The molecule has 5 nitrogen and oxygen atoms in total. The summed E-state index contributed by atoms with van der Waals surface area (Å²) in [5.74, 6) is 0.986. The summed E-state index contributed by atoms with van der Waals surface area (Å²) in [5, 5.41) is 0.952. The smallest absolute Gasteiger partial charge is 0.223 e. The highest BCUT2D eigenvalue weighted by atomic mass is 32.1. The maximum atomic E-state index is 12.9. The Morgan fingerprint density at radius 1 is 0.903 bits per heavy atom. The first-order valence-corrected chi connectivity index (χ1v) is 11.1. The molecule has 5 rings (SSSR count). The van der Waals surface area contributed by atoms with Gasteiger partial charge in [-0.1, -0.05) is 42.5 Å². The van der Waals surface area contributed by atoms with Crippen molar-refractivity contribution in [1.29, 1.82) is 0 Å². The summed E-state index contributed by atoms with van der Waals surface area (Å²) >= 11 is 1.64. The molecule has 0 N–H and O–H groups in total. The highest BCUT2D eigenvalue weighted by Crippen LogP contribution is 2.24. The Morgan fingerprint density at radius 3 is 2.42 bits per heavy atom. The van der Waals surface area contributed by atoms with Gasteiger partial charge < -0.3 is 4.90 Å². The van der Waals surface area contributed by atoms with Crippen molar-refractivity contribution in [3.8, 4) is 5.69 Å². The van der Waals surface area contributed by atoms with Gasteiger partial charge in [0.25, 0.3) is 0 Å². The number of aryl methyl sites for hydroxylation is 1. The molecule has 2 aromatic heterocycles. The first-order valence-electron chi connectivity index (χ1n) is 10.3. The molecule has 0 aliphatic carbocycles. The molecule has 0 spiro atoms. The van der Waals surface area contributed by atoms with Crippen LogP contribution < -0.4 is 0 Å². The van der Waals surface area contributed by atoms with Crippen LogP contribution in [0.2, 0.25) is 0 Å². The van der Waals surface area contributed by atoms with Gasteiger partial charge in [-0.15, -0.1) is 11.3 Å². The lowest BCUT2D eigenvalue weighted by Gasteiger charge is -2.16. The van der Waals surface area contributed by atoms with Gasteiger partial charge in [0.2, 0.25) is 5.91 Å². The average molecular weight is 427 g/mol. The van der Waals surface area contributed by atoms with Crippen LogP contribution >= 0.6 is 11.3 Å². The predicted octanol–water partition coefficient (Wildman–Crippen LogP) is 5.23. The first-order chi connectivity index (χ1) is 15.2. The molecule has 0 aliphatic rings. The van der Waals surface area contributed by atoms with E-state index in [2.05, 4.69) is 33.8 Å². The molecular weight excluding hydrogens is 404 g/mol. The topological polar surface area (TPSA) is 51.0 Å². The minimum absolute atomic E-state index is 0.0888. The summed E-state index contributed by atoms with van der Waals surface area (Å²) < 4.78 is 3.30. The van der Waals surface area contributed by atoms with E-state index in [0.29, 0.717) is 19.4 Å². The van der Waals surface area contributed by atoms with Gasteiger partial charge in [-0.05, 0) is 36.4 Å². The molecule has 5 aromatic rings. The van der Waals surface area contributed by atoms with Crippen molar-refractivity contribution >= 4 is 38.5 Å². The zero-order valence-corrected chi connectivity index (χ0v) is 18.0. The number of carbonyl (C=O) groups excluding carboxylic acids is 1. The third kappa shape index (κ3) is 3.94. The number of amides is 1. The molecule has 0 radical (unpaired) electrons. The fraction of sp³-hybridized carbons (Fsp3) is 0.160. The molecule has 31 heavy (non-hydrogen) atoms. The number of para-hydroxylation sites is 4. The lowest BCUT2D eigenvalue weighted by Crippen LogP contribution is -2.26. The van der Waals surface area contributed by atoms with E-state index < -0.39 is 0 Å². The number of rotatable bonds is 6. The molecule has 0 unspecified atom stereocenters. The van der Waals surface area contributed by atoms with Gasteiger partial charge in [0.15, 0.2) is 0 Å². The van der Waals surface area contributed by atoms with Crippen molar-refractivity contribution in [3.05, 3.63) is 89.7 Å². The van der Waals surface area contributed by atoms with E-state index in [1.54, 1.807) is 16.2 Å². The Hall–Kier alpha value is -3.51. The Morgan fingerprint density at radius 2 is 1.61 bits per heavy atom. The average Bonchev–Trinajstić information content (AvgIpc) is 3.38. The van der Waals surface area contributed by atoms with Gasteiger partial charge in [0.05, 0.1) is 27.8 Å². The van der Waals surface area contributed by atoms with E-state index in [9.17, 15) is 4.79 Å². The van der Waals surface area contributed by atoms with Crippen LogP contribution in [0, 0.1) is 0 Å². The number of fused-ring (bicyclic) bond motifs is 2. The second-order valence-corrected chi connectivity index (χ2v) is 8.63. The van der Waals surface area contributed by atoms with Crippen LogP contribution in [-0.2, 0) is 17.8 Å².